The van der Waals surface area contributed by atoms with Crippen LogP contribution in [0.2, 0.25) is 0 Å². The lowest BCUT2D eigenvalue weighted by molar-refractivity contribution is 0.0892. The van der Waals surface area contributed by atoms with E-state index < -0.39 is 0 Å². The summed E-state index contributed by atoms with van der Waals surface area (Å²) in [6.07, 6.45) is 3.97. The maximum absolute atomic E-state index is 12.1. The van der Waals surface area contributed by atoms with Crippen LogP contribution in [-0.2, 0) is 0 Å². The van der Waals surface area contributed by atoms with E-state index >= 15 is 0 Å². The molecule has 0 atom stereocenters. The summed E-state index contributed by atoms with van der Waals surface area (Å²) in [6.45, 7) is 6.16. The molecule has 0 aliphatic carbocycles. The van der Waals surface area contributed by atoms with Gasteiger partial charge in [-0.1, -0.05) is 19.0 Å². The largest absolute Gasteiger partial charge is 0.351 e. The quantitative estimate of drug-likeness (QED) is 0.877. The van der Waals surface area contributed by atoms with Crippen LogP contribution in [0.3, 0.4) is 0 Å². The fraction of sp³-hybridized carbons (Fsp3) is 0.714. The number of halogens is 1. The molecule has 1 saturated heterocycles. The summed E-state index contributed by atoms with van der Waals surface area (Å²) in [5.41, 5.74) is 0.889. The Morgan fingerprint density at radius 3 is 2.70 bits per heavy atom. The predicted molar refractivity (Wildman–Crippen MR) is 80.4 cm³/mol. The van der Waals surface area contributed by atoms with Gasteiger partial charge in [0.1, 0.15) is 0 Å². The van der Waals surface area contributed by atoms with Crippen LogP contribution in [-0.4, -0.2) is 30.2 Å². The lowest BCUT2D eigenvalue weighted by Gasteiger charge is -2.22. The van der Waals surface area contributed by atoms with Crippen LogP contribution in [0.4, 0.5) is 0 Å². The van der Waals surface area contributed by atoms with Crippen molar-refractivity contribution in [1.82, 2.24) is 15.8 Å². The van der Waals surface area contributed by atoms with Gasteiger partial charge in [0.25, 0.3) is 5.91 Å². The number of rotatable bonds is 5. The van der Waals surface area contributed by atoms with E-state index in [4.69, 9.17) is 4.52 Å². The molecule has 1 aromatic heterocycles. The topological polar surface area (TPSA) is 67.2 Å². The molecule has 0 radical (unpaired) electrons. The zero-order valence-corrected chi connectivity index (χ0v) is 13.0. The molecule has 0 unspecified atom stereocenters. The molecule has 2 heterocycles. The molecule has 114 valence electrons. The average molecular weight is 302 g/mol. The second-order valence-electron chi connectivity index (χ2n) is 5.13. The van der Waals surface area contributed by atoms with Gasteiger partial charge in [-0.2, -0.15) is 0 Å². The second-order valence-corrected chi connectivity index (χ2v) is 5.13. The van der Waals surface area contributed by atoms with E-state index in [1.54, 1.807) is 6.07 Å². The van der Waals surface area contributed by atoms with Gasteiger partial charge >= 0.3 is 0 Å². The number of nitrogens with one attached hydrogen (secondary N) is 2. The van der Waals surface area contributed by atoms with Gasteiger partial charge in [0.2, 0.25) is 5.76 Å². The summed E-state index contributed by atoms with van der Waals surface area (Å²) in [6, 6.07) is 2.03. The highest BCUT2D eigenvalue weighted by Crippen LogP contribution is 2.22. The van der Waals surface area contributed by atoms with Crippen molar-refractivity contribution in [2.24, 2.45) is 0 Å². The van der Waals surface area contributed by atoms with Gasteiger partial charge in [0.05, 0.1) is 5.69 Å². The van der Waals surface area contributed by atoms with E-state index in [9.17, 15) is 4.79 Å². The summed E-state index contributed by atoms with van der Waals surface area (Å²) >= 11 is 0. The second kappa shape index (κ2) is 8.27. The molecule has 1 aromatic rings. The van der Waals surface area contributed by atoms with E-state index in [1.165, 1.54) is 0 Å². The average Bonchev–Trinajstić information content (AvgIpc) is 2.91. The number of hydrogen-bond acceptors (Lipinski definition) is 4. The van der Waals surface area contributed by atoms with Gasteiger partial charge < -0.3 is 15.2 Å². The molecule has 2 N–H and O–H groups in total. The number of piperidine rings is 1. The maximum atomic E-state index is 12.1. The Morgan fingerprint density at radius 1 is 1.45 bits per heavy atom. The summed E-state index contributed by atoms with van der Waals surface area (Å²) in [4.78, 5) is 12.1. The third-order valence-electron chi connectivity index (χ3n) is 3.83. The molecular formula is C14H24ClN3O2. The van der Waals surface area contributed by atoms with Crippen LogP contribution in [0.15, 0.2) is 10.6 Å². The molecule has 5 nitrogen and oxygen atoms in total. The zero-order valence-electron chi connectivity index (χ0n) is 12.1. The maximum Gasteiger partial charge on any atom is 0.290 e. The van der Waals surface area contributed by atoms with Crippen LogP contribution in [0.25, 0.3) is 0 Å². The van der Waals surface area contributed by atoms with Gasteiger partial charge in [-0.3, -0.25) is 4.79 Å². The predicted octanol–water partition coefficient (Wildman–Crippen LogP) is 2.48. The smallest absolute Gasteiger partial charge is 0.290 e. The van der Waals surface area contributed by atoms with E-state index in [0.29, 0.717) is 11.7 Å². The zero-order chi connectivity index (χ0) is 13.7. The first-order valence-electron chi connectivity index (χ1n) is 7.22. The first-order chi connectivity index (χ1) is 9.24. The Labute approximate surface area is 126 Å². The molecule has 6 heteroatoms. The molecule has 0 saturated carbocycles. The lowest BCUT2D eigenvalue weighted by atomic mass is 9.99. The lowest BCUT2D eigenvalue weighted by Crippen LogP contribution is -2.42. The Morgan fingerprint density at radius 2 is 2.10 bits per heavy atom. The van der Waals surface area contributed by atoms with Crippen LogP contribution >= 0.6 is 12.4 Å². The van der Waals surface area contributed by atoms with E-state index in [0.717, 1.165) is 44.5 Å². The molecule has 0 aromatic carbocycles. The van der Waals surface area contributed by atoms with Crippen molar-refractivity contribution in [2.75, 3.05) is 13.1 Å². The van der Waals surface area contributed by atoms with Crippen LogP contribution < -0.4 is 10.6 Å². The molecule has 0 bridgehead atoms. The summed E-state index contributed by atoms with van der Waals surface area (Å²) in [5, 5.41) is 10.3. The van der Waals surface area contributed by atoms with Crippen molar-refractivity contribution < 1.29 is 9.32 Å². The SMILES string of the molecule is CCC(CC)c1cc(C(=O)NC2CCNCC2)on1.Cl. The highest BCUT2D eigenvalue weighted by atomic mass is 35.5. The molecule has 20 heavy (non-hydrogen) atoms. The highest BCUT2D eigenvalue weighted by molar-refractivity contribution is 5.91. The molecule has 0 spiro atoms. The number of carbonyl (C=O) groups is 1. The molecule has 2 rings (SSSR count). The third-order valence-corrected chi connectivity index (χ3v) is 3.83. The van der Waals surface area contributed by atoms with Gasteiger partial charge in [-0.15, -0.1) is 12.4 Å². The molecule has 1 amide bonds. The van der Waals surface area contributed by atoms with Crippen molar-refractivity contribution in [3.63, 3.8) is 0 Å². The first kappa shape index (κ1) is 17.0. The fourth-order valence-electron chi connectivity index (χ4n) is 2.52. The summed E-state index contributed by atoms with van der Waals surface area (Å²) in [7, 11) is 0. The van der Waals surface area contributed by atoms with Crippen LogP contribution in [0.1, 0.15) is 61.7 Å². The van der Waals surface area contributed by atoms with Gasteiger partial charge in [0, 0.05) is 18.0 Å². The van der Waals surface area contributed by atoms with Crippen molar-refractivity contribution in [3.8, 4) is 0 Å². The van der Waals surface area contributed by atoms with Crippen molar-refractivity contribution in [3.05, 3.63) is 17.5 Å². The third kappa shape index (κ3) is 4.21. The number of carbonyl (C=O) groups excluding carboxylic acids is 1. The van der Waals surface area contributed by atoms with Gasteiger partial charge in [-0.25, -0.2) is 0 Å². The fourth-order valence-corrected chi connectivity index (χ4v) is 2.52. The molecule has 1 fully saturated rings. The minimum atomic E-state index is -0.142. The van der Waals surface area contributed by atoms with E-state index in [1.807, 2.05) is 0 Å². The van der Waals surface area contributed by atoms with Gasteiger partial charge in [-0.05, 0) is 38.8 Å². The van der Waals surface area contributed by atoms with Crippen LogP contribution in [0.5, 0.6) is 0 Å². The van der Waals surface area contributed by atoms with Crippen molar-refractivity contribution >= 4 is 18.3 Å². The monoisotopic (exact) mass is 301 g/mol. The Bertz CT molecular complexity index is 412. The molecule has 1 aliphatic heterocycles. The van der Waals surface area contributed by atoms with Crippen molar-refractivity contribution in [2.45, 2.75) is 51.5 Å². The van der Waals surface area contributed by atoms with Gasteiger partial charge in [0.15, 0.2) is 0 Å². The van der Waals surface area contributed by atoms with Crippen LogP contribution in [0, 0.1) is 0 Å². The minimum Gasteiger partial charge on any atom is -0.351 e. The molecular weight excluding hydrogens is 278 g/mol. The first-order valence-corrected chi connectivity index (χ1v) is 7.22. The molecule has 1 aliphatic rings. The standard InChI is InChI=1S/C14H23N3O2.ClH/c1-3-10(4-2)12-9-13(19-17-12)14(18)16-11-5-7-15-8-6-11;/h9-11,15H,3-8H2,1-2H3,(H,16,18);1H. The van der Waals surface area contributed by atoms with Crippen molar-refractivity contribution in [1.29, 1.82) is 0 Å². The normalized spacial score (nSPS) is 15.9. The highest BCUT2D eigenvalue weighted by Gasteiger charge is 2.21. The minimum absolute atomic E-state index is 0. The summed E-state index contributed by atoms with van der Waals surface area (Å²) in [5.74, 6) is 0.571. The summed E-state index contributed by atoms with van der Waals surface area (Å²) < 4.78 is 5.17. The Kier molecular flexibility index (Phi) is 7.02. The number of amides is 1. The van der Waals surface area contributed by atoms with E-state index in [-0.39, 0.29) is 24.4 Å². The number of aromatic nitrogens is 1. The number of hydrogen-bond donors (Lipinski definition) is 2. The number of nitrogens with zero attached hydrogens (tertiary/aromatic N) is 1. The van der Waals surface area contributed by atoms with E-state index in [2.05, 4.69) is 29.6 Å². The Hall–Kier alpha value is -1.07. The Balaban J connectivity index is 0.00000200.